The minimum Gasteiger partial charge on any atom is -0.338 e. The number of allylic oxidation sites excluding steroid dienone is 17. The number of rotatable bonds is 4. The molecule has 8 aliphatic rings. The second-order valence-electron chi connectivity index (χ2n) is 14.3. The molecule has 3 heteroatoms. The van der Waals surface area contributed by atoms with E-state index in [9.17, 15) is 0 Å². The van der Waals surface area contributed by atoms with Crippen molar-refractivity contribution in [3.63, 3.8) is 0 Å². The molecule has 0 amide bonds. The van der Waals surface area contributed by atoms with Crippen LogP contribution in [0.5, 0.6) is 0 Å². The van der Waals surface area contributed by atoms with E-state index in [0.717, 1.165) is 17.9 Å². The van der Waals surface area contributed by atoms with Crippen LogP contribution in [0.2, 0.25) is 12.1 Å². The summed E-state index contributed by atoms with van der Waals surface area (Å²) in [6.07, 6.45) is 44.0. The first kappa shape index (κ1) is 27.3. The van der Waals surface area contributed by atoms with Crippen LogP contribution in [0.3, 0.4) is 0 Å². The van der Waals surface area contributed by atoms with Gasteiger partial charge in [0.2, 0.25) is 0 Å². The van der Waals surface area contributed by atoms with Gasteiger partial charge in [0.05, 0.1) is 14.8 Å². The molecule has 1 nitrogen and oxygen atoms in total. The maximum atomic E-state index is 2.74. The molecule has 11 atom stereocenters. The molecule has 0 spiro atoms. The Hall–Kier alpha value is -3.01. The van der Waals surface area contributed by atoms with E-state index in [4.69, 9.17) is 0 Å². The number of hydrogen-bond acceptors (Lipinski definition) is 2. The second kappa shape index (κ2) is 11.1. The van der Waals surface area contributed by atoms with Gasteiger partial charge in [-0.25, -0.2) is 0 Å². The zero-order valence-electron chi connectivity index (χ0n) is 25.7. The summed E-state index contributed by atoms with van der Waals surface area (Å²) >= 11 is 2.26. The summed E-state index contributed by atoms with van der Waals surface area (Å²) < 4.78 is 0. The van der Waals surface area contributed by atoms with Crippen LogP contribution in [-0.4, -0.2) is 25.3 Å². The average molecular weight is 610 g/mol. The van der Waals surface area contributed by atoms with E-state index in [2.05, 4.69) is 151 Å². The van der Waals surface area contributed by atoms with E-state index in [1.807, 2.05) is 5.20 Å². The number of thioether (sulfide) groups is 1. The summed E-state index contributed by atoms with van der Waals surface area (Å²) in [7, 11) is -1.05. The number of fused-ring (bicyclic) bond motifs is 8. The zero-order chi connectivity index (χ0) is 29.2. The highest BCUT2D eigenvalue weighted by Crippen LogP contribution is 2.61. The summed E-state index contributed by atoms with van der Waals surface area (Å²) in [6.45, 7) is 2.68. The molecule has 0 bridgehead atoms. The molecule has 2 fully saturated rings. The molecular formula is C41H43NSSi. The molecule has 0 saturated carbocycles. The summed E-state index contributed by atoms with van der Waals surface area (Å²) in [5, 5.41) is 3.16. The summed E-state index contributed by atoms with van der Waals surface area (Å²) in [4.78, 5) is 2.74. The van der Waals surface area contributed by atoms with Crippen LogP contribution in [0.25, 0.3) is 0 Å². The standard InChI is InChI=1S/C41H43NSSi/c1-44-38-23-22-35-34-16-7-8-17-37(34)43-41(35)40(38)36-21-20-33(26-39(36)44)42(31-13-3-2-4-14-31)32-15-9-12-29(25-32)30-19-18-27-10-5-6-11-28(27)24-30/h2-17,20-24,27,29-30,33-34,36-37,39-41,44H,18-19,25-26H2,1H3. The van der Waals surface area contributed by atoms with Crippen molar-refractivity contribution in [1.29, 1.82) is 0 Å². The third-order valence-corrected chi connectivity index (χ3v) is 17.4. The first-order valence-electron chi connectivity index (χ1n) is 17.1. The largest absolute Gasteiger partial charge is 0.338 e. The van der Waals surface area contributed by atoms with Gasteiger partial charge in [-0.2, -0.15) is 0 Å². The molecule has 1 aromatic carbocycles. The monoisotopic (exact) mass is 609 g/mol. The van der Waals surface area contributed by atoms with Crippen molar-refractivity contribution < 1.29 is 0 Å². The van der Waals surface area contributed by atoms with Crippen molar-refractivity contribution in [2.24, 2.45) is 35.5 Å². The highest BCUT2D eigenvalue weighted by Gasteiger charge is 2.54. The van der Waals surface area contributed by atoms with E-state index in [-0.39, 0.29) is 0 Å². The Morgan fingerprint density at radius 3 is 2.64 bits per heavy atom. The average Bonchev–Trinajstić information content (AvgIpc) is 3.60. The SMILES string of the molecule is C[SiH]1C2=CC=C3C4C=CC=CC4SC3C2C2C=CC(N(C3=CC=CC(C4C=C5C=CC=CC5CC4)C3)c3ccccc3)CC21. The van der Waals surface area contributed by atoms with Gasteiger partial charge in [0.25, 0.3) is 0 Å². The normalized spacial score (nSPS) is 40.6. The van der Waals surface area contributed by atoms with Gasteiger partial charge in [0, 0.05) is 33.7 Å². The molecule has 9 rings (SSSR count). The van der Waals surface area contributed by atoms with Gasteiger partial charge >= 0.3 is 0 Å². The molecule has 0 radical (unpaired) electrons. The smallest absolute Gasteiger partial charge is 0.0668 e. The fourth-order valence-corrected chi connectivity index (χ4v) is 15.6. The van der Waals surface area contributed by atoms with Crippen LogP contribution in [0.1, 0.15) is 25.7 Å². The Labute approximate surface area is 269 Å². The highest BCUT2D eigenvalue weighted by molar-refractivity contribution is 8.01. The Balaban J connectivity index is 1.00. The molecule has 0 N–H and O–H groups in total. The number of anilines is 1. The molecule has 11 unspecified atom stereocenters. The van der Waals surface area contributed by atoms with Gasteiger partial charge in [-0.1, -0.05) is 121 Å². The van der Waals surface area contributed by atoms with Gasteiger partial charge in [-0.3, -0.25) is 0 Å². The Kier molecular flexibility index (Phi) is 6.89. The molecule has 1 aromatic rings. The Morgan fingerprint density at radius 1 is 0.818 bits per heavy atom. The van der Waals surface area contributed by atoms with Crippen molar-refractivity contribution >= 4 is 26.2 Å². The third-order valence-electron chi connectivity index (χ3n) is 12.1. The number of para-hydroxylation sites is 1. The Bertz CT molecular complexity index is 1630. The number of nitrogens with zero attached hydrogens (tertiary/aromatic N) is 1. The fourth-order valence-electron chi connectivity index (χ4n) is 9.99. The fraction of sp³-hybridized carbons (Fsp3) is 0.366. The molecule has 2 aliphatic heterocycles. The van der Waals surface area contributed by atoms with Crippen molar-refractivity contribution in [1.82, 2.24) is 0 Å². The lowest BCUT2D eigenvalue weighted by atomic mass is 9.73. The molecule has 2 saturated heterocycles. The number of hydrogen-bond donors (Lipinski definition) is 0. The minimum atomic E-state index is -1.05. The topological polar surface area (TPSA) is 3.24 Å². The molecule has 222 valence electrons. The predicted molar refractivity (Wildman–Crippen MR) is 191 cm³/mol. The van der Waals surface area contributed by atoms with Crippen LogP contribution >= 0.6 is 11.8 Å². The van der Waals surface area contributed by atoms with Crippen molar-refractivity contribution in [3.05, 3.63) is 150 Å². The Morgan fingerprint density at radius 2 is 1.70 bits per heavy atom. The maximum Gasteiger partial charge on any atom is 0.0668 e. The van der Waals surface area contributed by atoms with E-state index in [0.29, 0.717) is 46.1 Å². The zero-order valence-corrected chi connectivity index (χ0v) is 27.6. The molecular weight excluding hydrogens is 567 g/mol. The van der Waals surface area contributed by atoms with E-state index >= 15 is 0 Å². The molecule has 2 heterocycles. The molecule has 6 aliphatic carbocycles. The quantitative estimate of drug-likeness (QED) is 0.247. The summed E-state index contributed by atoms with van der Waals surface area (Å²) in [5.74, 6) is 3.85. The number of benzene rings is 1. The summed E-state index contributed by atoms with van der Waals surface area (Å²) in [6, 6.07) is 11.7. The van der Waals surface area contributed by atoms with Gasteiger partial charge in [-0.05, 0) is 84.3 Å². The predicted octanol–water partition coefficient (Wildman–Crippen LogP) is 9.46. The van der Waals surface area contributed by atoms with Crippen LogP contribution in [-0.2, 0) is 0 Å². The van der Waals surface area contributed by atoms with Crippen LogP contribution in [0, 0.1) is 35.5 Å². The summed E-state index contributed by atoms with van der Waals surface area (Å²) in [5.41, 5.74) is 6.92. The minimum absolute atomic E-state index is 0.422. The van der Waals surface area contributed by atoms with Gasteiger partial charge < -0.3 is 4.90 Å². The van der Waals surface area contributed by atoms with Crippen molar-refractivity contribution in [3.8, 4) is 0 Å². The highest BCUT2D eigenvalue weighted by atomic mass is 32.2. The van der Waals surface area contributed by atoms with Gasteiger partial charge in [-0.15, -0.1) is 11.8 Å². The second-order valence-corrected chi connectivity index (χ2v) is 18.7. The van der Waals surface area contributed by atoms with Crippen molar-refractivity contribution in [2.75, 3.05) is 4.90 Å². The van der Waals surface area contributed by atoms with Crippen molar-refractivity contribution in [2.45, 2.75) is 54.3 Å². The van der Waals surface area contributed by atoms with E-state index in [1.54, 1.807) is 5.57 Å². The first-order valence-corrected chi connectivity index (χ1v) is 20.5. The van der Waals surface area contributed by atoms with E-state index < -0.39 is 8.80 Å². The molecule has 0 aromatic heterocycles. The maximum absolute atomic E-state index is 2.74. The lowest BCUT2D eigenvalue weighted by Gasteiger charge is -2.42. The third kappa shape index (κ3) is 4.49. The first-order chi connectivity index (χ1) is 21.7. The van der Waals surface area contributed by atoms with Crippen LogP contribution < -0.4 is 4.90 Å². The lowest BCUT2D eigenvalue weighted by Crippen LogP contribution is -2.39. The van der Waals surface area contributed by atoms with Gasteiger partial charge in [0.1, 0.15) is 0 Å². The molecule has 44 heavy (non-hydrogen) atoms. The lowest BCUT2D eigenvalue weighted by molar-refractivity contribution is 0.382. The van der Waals surface area contributed by atoms with Crippen LogP contribution in [0.4, 0.5) is 5.69 Å². The van der Waals surface area contributed by atoms with E-state index in [1.165, 1.54) is 36.2 Å². The van der Waals surface area contributed by atoms with Gasteiger partial charge in [0.15, 0.2) is 0 Å². The van der Waals surface area contributed by atoms with Crippen LogP contribution in [0.15, 0.2) is 150 Å².